The maximum Gasteiger partial charge on any atom is 0.248 e. The molecule has 64 valence electrons. The van der Waals surface area contributed by atoms with E-state index in [4.69, 9.17) is 0 Å². The Morgan fingerprint density at radius 3 is 3.25 bits per heavy atom. The summed E-state index contributed by atoms with van der Waals surface area (Å²) in [7, 11) is 0. The van der Waals surface area contributed by atoms with E-state index in [9.17, 15) is 4.79 Å². The second kappa shape index (κ2) is 3.71. The quantitative estimate of drug-likeness (QED) is 0.680. The summed E-state index contributed by atoms with van der Waals surface area (Å²) in [5.74, 6) is 0.479. The summed E-state index contributed by atoms with van der Waals surface area (Å²) in [5.41, 5.74) is 0. The Labute approximate surface area is 70.9 Å². The van der Waals surface area contributed by atoms with Gasteiger partial charge in [0, 0.05) is 12.6 Å². The van der Waals surface area contributed by atoms with Crippen molar-refractivity contribution in [3.05, 3.63) is 24.9 Å². The van der Waals surface area contributed by atoms with E-state index in [0.29, 0.717) is 5.82 Å². The van der Waals surface area contributed by atoms with Gasteiger partial charge in [0.1, 0.15) is 5.82 Å². The Hall–Kier alpha value is -1.58. The maximum atomic E-state index is 10.9. The lowest BCUT2D eigenvalue weighted by molar-refractivity contribution is -0.111. The van der Waals surface area contributed by atoms with Crippen molar-refractivity contribution in [3.8, 4) is 0 Å². The molecule has 0 aliphatic rings. The van der Waals surface area contributed by atoms with E-state index in [1.165, 1.54) is 6.08 Å². The Kier molecular flexibility index (Phi) is 2.63. The van der Waals surface area contributed by atoms with Crippen molar-refractivity contribution in [1.82, 2.24) is 9.78 Å². The molecule has 0 saturated carbocycles. The highest BCUT2D eigenvalue weighted by Gasteiger charge is 2.01. The van der Waals surface area contributed by atoms with Crippen molar-refractivity contribution < 1.29 is 4.79 Å². The summed E-state index contributed by atoms with van der Waals surface area (Å²) < 4.78 is 1.70. The first kappa shape index (κ1) is 8.52. The number of hydrogen-bond donors (Lipinski definition) is 1. The molecular weight excluding hydrogens is 154 g/mol. The van der Waals surface area contributed by atoms with Crippen LogP contribution in [-0.4, -0.2) is 15.7 Å². The van der Waals surface area contributed by atoms with Gasteiger partial charge in [0.2, 0.25) is 5.91 Å². The highest BCUT2D eigenvalue weighted by atomic mass is 16.1. The molecule has 1 aromatic heterocycles. The molecule has 4 heteroatoms. The highest BCUT2D eigenvalue weighted by molar-refractivity contribution is 5.98. The van der Waals surface area contributed by atoms with Gasteiger partial charge in [-0.05, 0) is 13.0 Å². The summed E-state index contributed by atoms with van der Waals surface area (Å²) in [4.78, 5) is 10.9. The first-order valence-electron chi connectivity index (χ1n) is 3.73. The number of rotatable bonds is 3. The van der Waals surface area contributed by atoms with Crippen LogP contribution in [0.2, 0.25) is 0 Å². The van der Waals surface area contributed by atoms with Crippen molar-refractivity contribution in [2.75, 3.05) is 5.32 Å². The zero-order valence-corrected chi connectivity index (χ0v) is 6.95. The normalized spacial score (nSPS) is 9.42. The second-order valence-electron chi connectivity index (χ2n) is 2.23. The number of anilines is 1. The van der Waals surface area contributed by atoms with E-state index < -0.39 is 0 Å². The molecular formula is C8H11N3O. The fourth-order valence-electron chi connectivity index (χ4n) is 0.868. The fourth-order valence-corrected chi connectivity index (χ4v) is 0.868. The Balaban J connectivity index is 2.74. The topological polar surface area (TPSA) is 46.9 Å². The largest absolute Gasteiger partial charge is 0.307 e. The molecule has 0 saturated heterocycles. The lowest BCUT2D eigenvalue weighted by atomic mass is 10.5. The van der Waals surface area contributed by atoms with Crippen LogP contribution in [0.5, 0.6) is 0 Å². The zero-order chi connectivity index (χ0) is 8.97. The van der Waals surface area contributed by atoms with Crippen LogP contribution in [0.25, 0.3) is 0 Å². The van der Waals surface area contributed by atoms with Crippen LogP contribution in [0.15, 0.2) is 24.9 Å². The third-order valence-corrected chi connectivity index (χ3v) is 1.45. The number of carbonyl (C=O) groups is 1. The molecule has 0 spiro atoms. The molecule has 0 radical (unpaired) electrons. The van der Waals surface area contributed by atoms with E-state index in [1.54, 1.807) is 16.9 Å². The van der Waals surface area contributed by atoms with Gasteiger partial charge < -0.3 is 5.32 Å². The average Bonchev–Trinajstić information content (AvgIpc) is 2.51. The lowest BCUT2D eigenvalue weighted by Crippen LogP contribution is -2.12. The molecule has 0 aliphatic carbocycles. The first-order valence-corrected chi connectivity index (χ1v) is 3.73. The monoisotopic (exact) mass is 165 g/mol. The molecule has 0 fully saturated rings. The van der Waals surface area contributed by atoms with Crippen LogP contribution in [0.3, 0.4) is 0 Å². The first-order chi connectivity index (χ1) is 5.77. The summed E-state index contributed by atoms with van der Waals surface area (Å²) in [6.07, 6.45) is 2.87. The number of aromatic nitrogens is 2. The van der Waals surface area contributed by atoms with Crippen molar-refractivity contribution in [3.63, 3.8) is 0 Å². The summed E-state index contributed by atoms with van der Waals surface area (Å²) in [5, 5.41) is 6.62. The van der Waals surface area contributed by atoms with Gasteiger partial charge in [-0.15, -0.1) is 0 Å². The molecule has 1 N–H and O–H groups in total. The molecule has 0 unspecified atom stereocenters. The maximum absolute atomic E-state index is 10.9. The van der Waals surface area contributed by atoms with Crippen molar-refractivity contribution in [2.24, 2.45) is 0 Å². The minimum absolute atomic E-state index is 0.217. The number of nitrogens with zero attached hydrogens (tertiary/aromatic N) is 2. The minimum atomic E-state index is -0.217. The van der Waals surface area contributed by atoms with Gasteiger partial charge in [0.05, 0.1) is 6.20 Å². The number of hydrogen-bond acceptors (Lipinski definition) is 2. The molecule has 1 aromatic rings. The van der Waals surface area contributed by atoms with Crippen LogP contribution in [0.1, 0.15) is 6.92 Å². The lowest BCUT2D eigenvalue weighted by Gasteiger charge is -2.03. The molecule has 12 heavy (non-hydrogen) atoms. The fraction of sp³-hybridized carbons (Fsp3) is 0.250. The van der Waals surface area contributed by atoms with Crippen LogP contribution >= 0.6 is 0 Å². The summed E-state index contributed by atoms with van der Waals surface area (Å²) in [6, 6.07) is 1.74. The van der Waals surface area contributed by atoms with E-state index >= 15 is 0 Å². The standard InChI is InChI=1S/C8H11N3O/c1-3-8(12)10-7-5-6-9-11(7)4-2/h3,5-6H,1,4H2,2H3,(H,10,12). The predicted molar refractivity (Wildman–Crippen MR) is 46.7 cm³/mol. The van der Waals surface area contributed by atoms with Crippen molar-refractivity contribution in [1.29, 1.82) is 0 Å². The molecule has 0 aliphatic heterocycles. The number of carbonyl (C=O) groups excluding carboxylic acids is 1. The van der Waals surface area contributed by atoms with Crippen LogP contribution in [0, 0.1) is 0 Å². The second-order valence-corrected chi connectivity index (χ2v) is 2.23. The van der Waals surface area contributed by atoms with E-state index in [2.05, 4.69) is 17.0 Å². The predicted octanol–water partition coefficient (Wildman–Crippen LogP) is 1.03. The minimum Gasteiger partial charge on any atom is -0.307 e. The Morgan fingerprint density at radius 1 is 1.92 bits per heavy atom. The van der Waals surface area contributed by atoms with Crippen molar-refractivity contribution >= 4 is 11.7 Å². The number of aryl methyl sites for hydroxylation is 1. The van der Waals surface area contributed by atoms with E-state index in [0.717, 1.165) is 6.54 Å². The molecule has 1 amide bonds. The Morgan fingerprint density at radius 2 is 2.67 bits per heavy atom. The molecule has 4 nitrogen and oxygen atoms in total. The van der Waals surface area contributed by atoms with Gasteiger partial charge in [0.25, 0.3) is 0 Å². The number of nitrogens with one attached hydrogen (secondary N) is 1. The smallest absolute Gasteiger partial charge is 0.248 e. The van der Waals surface area contributed by atoms with Crippen LogP contribution < -0.4 is 5.32 Å². The molecule has 0 aromatic carbocycles. The number of amides is 1. The van der Waals surface area contributed by atoms with Gasteiger partial charge in [-0.25, -0.2) is 4.68 Å². The van der Waals surface area contributed by atoms with Gasteiger partial charge >= 0.3 is 0 Å². The third kappa shape index (κ3) is 1.72. The SMILES string of the molecule is C=CC(=O)Nc1ccnn1CC. The zero-order valence-electron chi connectivity index (χ0n) is 6.95. The summed E-state index contributed by atoms with van der Waals surface area (Å²) >= 11 is 0. The van der Waals surface area contributed by atoms with Crippen molar-refractivity contribution in [2.45, 2.75) is 13.5 Å². The van der Waals surface area contributed by atoms with Crippen LogP contribution in [-0.2, 0) is 11.3 Å². The van der Waals surface area contributed by atoms with Gasteiger partial charge in [-0.2, -0.15) is 5.10 Å². The molecule has 1 heterocycles. The van der Waals surface area contributed by atoms with Gasteiger partial charge in [-0.3, -0.25) is 4.79 Å². The molecule has 0 bridgehead atoms. The van der Waals surface area contributed by atoms with E-state index in [1.807, 2.05) is 6.92 Å². The molecule has 1 rings (SSSR count). The summed E-state index contributed by atoms with van der Waals surface area (Å²) in [6.45, 7) is 6.05. The third-order valence-electron chi connectivity index (χ3n) is 1.45. The van der Waals surface area contributed by atoms with Gasteiger partial charge in [0.15, 0.2) is 0 Å². The van der Waals surface area contributed by atoms with Crippen LogP contribution in [0.4, 0.5) is 5.82 Å². The van der Waals surface area contributed by atoms with Gasteiger partial charge in [-0.1, -0.05) is 6.58 Å². The molecule has 0 atom stereocenters. The van der Waals surface area contributed by atoms with E-state index in [-0.39, 0.29) is 5.91 Å². The average molecular weight is 165 g/mol. The Bertz CT molecular complexity index is 290. The highest BCUT2D eigenvalue weighted by Crippen LogP contribution is 2.04.